The van der Waals surface area contributed by atoms with E-state index >= 15 is 0 Å². The topological polar surface area (TPSA) is 61.4 Å². The smallest absolute Gasteiger partial charge is 0.321 e. The lowest BCUT2D eigenvalue weighted by Crippen LogP contribution is -2.38. The fourth-order valence-electron chi connectivity index (χ4n) is 0.498. The van der Waals surface area contributed by atoms with Gasteiger partial charge in [0, 0.05) is 13.1 Å². The summed E-state index contributed by atoms with van der Waals surface area (Å²) in [6, 6.07) is -0.457. The molecule has 0 aliphatic rings. The Labute approximate surface area is 65.7 Å². The first-order valence-corrected chi connectivity index (χ1v) is 3.29. The molecule has 0 heterocycles. The van der Waals surface area contributed by atoms with Crippen LogP contribution in [0.1, 0.15) is 0 Å². The Morgan fingerprint density at radius 1 is 1.55 bits per heavy atom. The molecule has 0 rings (SSSR count). The van der Waals surface area contributed by atoms with Crippen LogP contribution in [0.5, 0.6) is 0 Å². The second-order valence-electron chi connectivity index (χ2n) is 2.32. The number of imide groups is 1. The summed E-state index contributed by atoms with van der Waals surface area (Å²) in [4.78, 5) is 22.2. The van der Waals surface area contributed by atoms with Gasteiger partial charge in [0.25, 0.3) is 0 Å². The molecule has 64 valence electrons. The first kappa shape index (κ1) is 9.90. The van der Waals surface area contributed by atoms with Gasteiger partial charge in [-0.3, -0.25) is 10.1 Å². The fraction of sp³-hybridized carbons (Fsp3) is 0.667. The van der Waals surface area contributed by atoms with Crippen LogP contribution in [0.25, 0.3) is 0 Å². The fourth-order valence-corrected chi connectivity index (χ4v) is 0.498. The molecule has 2 N–H and O–H groups in total. The van der Waals surface area contributed by atoms with E-state index in [1.807, 2.05) is 24.3 Å². The van der Waals surface area contributed by atoms with E-state index in [-0.39, 0.29) is 0 Å². The summed E-state index contributed by atoms with van der Waals surface area (Å²) < 4.78 is 0. The van der Waals surface area contributed by atoms with Gasteiger partial charge in [-0.15, -0.1) is 0 Å². The highest BCUT2D eigenvalue weighted by molar-refractivity contribution is 5.84. The number of urea groups is 1. The molecular weight excluding hydrogens is 146 g/mol. The van der Waals surface area contributed by atoms with Crippen LogP contribution < -0.4 is 10.6 Å². The van der Waals surface area contributed by atoms with Gasteiger partial charge in [0.2, 0.25) is 6.41 Å². The third kappa shape index (κ3) is 6.79. The molecule has 0 aromatic carbocycles. The molecule has 11 heavy (non-hydrogen) atoms. The molecule has 0 saturated heterocycles. The molecule has 0 atom stereocenters. The maximum absolute atomic E-state index is 10.6. The monoisotopic (exact) mass is 159 g/mol. The predicted octanol–water partition coefficient (Wildman–Crippen LogP) is -0.996. The third-order valence-electron chi connectivity index (χ3n) is 1.03. The Morgan fingerprint density at radius 2 is 2.18 bits per heavy atom. The van der Waals surface area contributed by atoms with Crippen LogP contribution in [-0.2, 0) is 4.79 Å². The summed E-state index contributed by atoms with van der Waals surface area (Å²) in [5, 5.41) is 4.46. The molecule has 0 aromatic rings. The second kappa shape index (κ2) is 5.67. The first-order chi connectivity index (χ1) is 5.16. The molecule has 0 radical (unpaired) electrons. The van der Waals surface area contributed by atoms with E-state index in [0.717, 1.165) is 6.54 Å². The van der Waals surface area contributed by atoms with Gasteiger partial charge in [-0.1, -0.05) is 0 Å². The molecule has 0 unspecified atom stereocenters. The highest BCUT2D eigenvalue weighted by Crippen LogP contribution is 1.70. The number of carbonyl (C=O) groups is 2. The van der Waals surface area contributed by atoms with Crippen molar-refractivity contribution in [1.29, 1.82) is 0 Å². The molecule has 0 spiro atoms. The lowest BCUT2D eigenvalue weighted by Gasteiger charge is -2.09. The van der Waals surface area contributed by atoms with Gasteiger partial charge in [0.1, 0.15) is 0 Å². The van der Waals surface area contributed by atoms with Gasteiger partial charge in [0.05, 0.1) is 0 Å². The van der Waals surface area contributed by atoms with Gasteiger partial charge >= 0.3 is 6.03 Å². The molecule has 0 aromatic heterocycles. The average Bonchev–Trinajstić information content (AvgIpc) is 1.87. The Bertz CT molecular complexity index is 136. The number of likely N-dealkylation sites (N-methyl/N-ethyl adjacent to an activating group) is 1. The maximum Gasteiger partial charge on any atom is 0.321 e. The van der Waals surface area contributed by atoms with Crippen molar-refractivity contribution in [3.63, 3.8) is 0 Å². The zero-order chi connectivity index (χ0) is 8.69. The summed E-state index contributed by atoms with van der Waals surface area (Å²) >= 11 is 0. The van der Waals surface area contributed by atoms with Crippen molar-refractivity contribution < 1.29 is 9.59 Å². The van der Waals surface area contributed by atoms with E-state index in [4.69, 9.17) is 0 Å². The van der Waals surface area contributed by atoms with Gasteiger partial charge in [-0.2, -0.15) is 0 Å². The molecule has 3 amide bonds. The van der Waals surface area contributed by atoms with Crippen LogP contribution in [0.15, 0.2) is 0 Å². The summed E-state index contributed by atoms with van der Waals surface area (Å²) in [6.45, 7) is 1.29. The second-order valence-corrected chi connectivity index (χ2v) is 2.32. The van der Waals surface area contributed by atoms with Crippen molar-refractivity contribution >= 4 is 12.4 Å². The van der Waals surface area contributed by atoms with Gasteiger partial charge in [-0.05, 0) is 14.1 Å². The summed E-state index contributed by atoms with van der Waals surface area (Å²) in [6.07, 6.45) is 0.352. The lowest BCUT2D eigenvalue weighted by atomic mass is 10.6. The predicted molar refractivity (Wildman–Crippen MR) is 41.2 cm³/mol. The van der Waals surface area contributed by atoms with Crippen LogP contribution in [0.3, 0.4) is 0 Å². The van der Waals surface area contributed by atoms with E-state index in [2.05, 4.69) is 5.32 Å². The van der Waals surface area contributed by atoms with Gasteiger partial charge in [-0.25, -0.2) is 4.79 Å². The molecule has 0 aliphatic carbocycles. The van der Waals surface area contributed by atoms with Crippen molar-refractivity contribution in [2.45, 2.75) is 0 Å². The number of hydrogen-bond acceptors (Lipinski definition) is 3. The van der Waals surface area contributed by atoms with E-state index in [1.165, 1.54) is 0 Å². The molecule has 0 bridgehead atoms. The standard InChI is InChI=1S/C6H13N3O2/c1-9(2)4-3-7-6(11)8-5-10/h5H,3-4H2,1-2H3,(H2,7,8,10,11). The summed E-state index contributed by atoms with van der Waals surface area (Å²) in [7, 11) is 3.80. The normalized spacial score (nSPS) is 9.36. The number of rotatable bonds is 4. The van der Waals surface area contributed by atoms with Crippen LogP contribution >= 0.6 is 0 Å². The first-order valence-electron chi connectivity index (χ1n) is 3.29. The SMILES string of the molecule is CN(C)CCNC(=O)NC=O. The van der Waals surface area contributed by atoms with Crippen LogP contribution in [0, 0.1) is 0 Å². The van der Waals surface area contributed by atoms with Gasteiger partial charge in [0.15, 0.2) is 0 Å². The van der Waals surface area contributed by atoms with Crippen LogP contribution in [0.2, 0.25) is 0 Å². The van der Waals surface area contributed by atoms with Gasteiger partial charge < -0.3 is 10.2 Å². The number of nitrogens with one attached hydrogen (secondary N) is 2. The van der Waals surface area contributed by atoms with Crippen molar-refractivity contribution in [2.24, 2.45) is 0 Å². The third-order valence-corrected chi connectivity index (χ3v) is 1.03. The minimum Gasteiger partial charge on any atom is -0.337 e. The zero-order valence-corrected chi connectivity index (χ0v) is 6.76. The number of carbonyl (C=O) groups excluding carboxylic acids is 2. The van der Waals surface area contributed by atoms with Crippen LogP contribution in [0.4, 0.5) is 4.79 Å². The highest BCUT2D eigenvalue weighted by Gasteiger charge is 1.95. The Kier molecular flexibility index (Phi) is 5.10. The van der Waals surface area contributed by atoms with E-state index in [1.54, 1.807) is 0 Å². The molecule has 0 aliphatic heterocycles. The van der Waals surface area contributed by atoms with Crippen molar-refractivity contribution in [1.82, 2.24) is 15.5 Å². The van der Waals surface area contributed by atoms with E-state index < -0.39 is 6.03 Å². The Balaban J connectivity index is 3.24. The van der Waals surface area contributed by atoms with Crippen LogP contribution in [-0.4, -0.2) is 44.5 Å². The quantitative estimate of drug-likeness (QED) is 0.517. The minimum atomic E-state index is -0.457. The molecule has 5 nitrogen and oxygen atoms in total. The van der Waals surface area contributed by atoms with E-state index in [0.29, 0.717) is 13.0 Å². The Hall–Kier alpha value is -1.10. The maximum atomic E-state index is 10.6. The van der Waals surface area contributed by atoms with Crippen molar-refractivity contribution in [3.8, 4) is 0 Å². The summed E-state index contributed by atoms with van der Waals surface area (Å²) in [5.74, 6) is 0. The van der Waals surface area contributed by atoms with Crippen molar-refractivity contribution in [2.75, 3.05) is 27.2 Å². The number of nitrogens with zero attached hydrogens (tertiary/aromatic N) is 1. The molecular formula is C6H13N3O2. The lowest BCUT2D eigenvalue weighted by molar-refractivity contribution is -0.108. The largest absolute Gasteiger partial charge is 0.337 e. The average molecular weight is 159 g/mol. The molecule has 0 saturated carbocycles. The number of hydrogen-bond donors (Lipinski definition) is 2. The molecule has 5 heteroatoms. The Morgan fingerprint density at radius 3 is 2.64 bits per heavy atom. The van der Waals surface area contributed by atoms with E-state index in [9.17, 15) is 9.59 Å². The van der Waals surface area contributed by atoms with Crippen molar-refractivity contribution in [3.05, 3.63) is 0 Å². The number of amides is 3. The minimum absolute atomic E-state index is 0.352. The highest BCUT2D eigenvalue weighted by atomic mass is 16.2. The summed E-state index contributed by atoms with van der Waals surface area (Å²) in [5.41, 5.74) is 0. The molecule has 0 fully saturated rings. The zero-order valence-electron chi connectivity index (χ0n) is 6.76.